The quantitative estimate of drug-likeness (QED) is 0.822. The third-order valence-electron chi connectivity index (χ3n) is 3.60. The summed E-state index contributed by atoms with van der Waals surface area (Å²) in [6, 6.07) is 17.9. The lowest BCUT2D eigenvalue weighted by atomic mass is 9.96. The Labute approximate surface area is 126 Å². The molecule has 2 aromatic rings. The van der Waals surface area contributed by atoms with E-state index in [1.165, 1.54) is 11.1 Å². The van der Waals surface area contributed by atoms with Gasteiger partial charge in [0.05, 0.1) is 12.2 Å². The molecular weight excluding hydrogens is 262 g/mol. The molecule has 21 heavy (non-hydrogen) atoms. The number of methoxy groups -OCH3 is 1. The van der Waals surface area contributed by atoms with E-state index in [-0.39, 0.29) is 0 Å². The Morgan fingerprint density at radius 2 is 1.62 bits per heavy atom. The maximum absolute atomic E-state index is 10.5. The highest BCUT2D eigenvalue weighted by Crippen LogP contribution is 2.19. The van der Waals surface area contributed by atoms with Crippen molar-refractivity contribution < 1.29 is 9.84 Å². The first-order valence-electron chi connectivity index (χ1n) is 7.18. The third kappa shape index (κ3) is 4.39. The van der Waals surface area contributed by atoms with Gasteiger partial charge in [0.15, 0.2) is 0 Å². The molecule has 2 rings (SSSR count). The van der Waals surface area contributed by atoms with E-state index in [4.69, 9.17) is 4.74 Å². The molecule has 0 saturated heterocycles. The summed E-state index contributed by atoms with van der Waals surface area (Å²) >= 11 is 0. The number of hydrogen-bond acceptors (Lipinski definition) is 3. The van der Waals surface area contributed by atoms with Gasteiger partial charge in [0.1, 0.15) is 0 Å². The Balaban J connectivity index is 1.95. The van der Waals surface area contributed by atoms with Crippen LogP contribution in [0.2, 0.25) is 0 Å². The van der Waals surface area contributed by atoms with Crippen LogP contribution in [0.4, 0.5) is 0 Å². The lowest BCUT2D eigenvalue weighted by Gasteiger charge is -2.24. The molecule has 0 aliphatic rings. The van der Waals surface area contributed by atoms with Crippen LogP contribution in [0.25, 0.3) is 0 Å². The second kappa shape index (κ2) is 7.36. The van der Waals surface area contributed by atoms with Gasteiger partial charge in [0.2, 0.25) is 0 Å². The number of hydrogen-bond donors (Lipinski definition) is 2. The lowest BCUT2D eigenvalue weighted by molar-refractivity contribution is 0.0566. The number of ether oxygens (including phenoxy) is 1. The summed E-state index contributed by atoms with van der Waals surface area (Å²) in [5, 5.41) is 13.9. The normalized spacial score (nSPS) is 13.9. The van der Waals surface area contributed by atoms with E-state index in [0.717, 1.165) is 5.56 Å². The molecule has 0 saturated carbocycles. The summed E-state index contributed by atoms with van der Waals surface area (Å²) in [5.74, 6) is 0. The topological polar surface area (TPSA) is 41.5 Å². The van der Waals surface area contributed by atoms with Crippen molar-refractivity contribution in [1.29, 1.82) is 0 Å². The predicted molar refractivity (Wildman–Crippen MR) is 84.9 cm³/mol. The van der Waals surface area contributed by atoms with Crippen LogP contribution < -0.4 is 5.32 Å². The summed E-state index contributed by atoms with van der Waals surface area (Å²) in [6.45, 7) is 3.64. The Morgan fingerprint density at radius 3 is 2.29 bits per heavy atom. The molecule has 0 radical (unpaired) electrons. The van der Waals surface area contributed by atoms with Crippen molar-refractivity contribution in [1.82, 2.24) is 5.32 Å². The number of benzene rings is 2. The molecule has 2 aromatic carbocycles. The summed E-state index contributed by atoms with van der Waals surface area (Å²) in [7, 11) is 1.70. The molecule has 1 unspecified atom stereocenters. The van der Waals surface area contributed by atoms with Crippen LogP contribution in [0.5, 0.6) is 0 Å². The fourth-order valence-corrected chi connectivity index (χ4v) is 2.37. The minimum atomic E-state index is -0.878. The second-order valence-corrected chi connectivity index (χ2v) is 5.45. The second-order valence-electron chi connectivity index (χ2n) is 5.45. The molecule has 112 valence electrons. The van der Waals surface area contributed by atoms with E-state index in [1.807, 2.05) is 49.4 Å². The first-order valence-corrected chi connectivity index (χ1v) is 7.18. The Bertz CT molecular complexity index is 552. The average Bonchev–Trinajstić information content (AvgIpc) is 2.50. The van der Waals surface area contributed by atoms with Crippen LogP contribution in [-0.4, -0.2) is 18.8 Å². The number of aliphatic hydroxyl groups is 1. The Hall–Kier alpha value is -1.68. The van der Waals surface area contributed by atoms with Crippen LogP contribution in [0, 0.1) is 0 Å². The largest absolute Gasteiger partial charge is 0.384 e. The predicted octanol–water partition coefficient (Wildman–Crippen LogP) is 2.83. The van der Waals surface area contributed by atoms with E-state index in [0.29, 0.717) is 19.7 Å². The number of nitrogens with one attached hydrogen (secondary N) is 1. The Morgan fingerprint density at radius 1 is 1.00 bits per heavy atom. The number of rotatable bonds is 7. The van der Waals surface area contributed by atoms with E-state index in [2.05, 4.69) is 17.4 Å². The molecular formula is C18H23NO2. The van der Waals surface area contributed by atoms with Crippen LogP contribution in [0.1, 0.15) is 23.6 Å². The molecule has 0 fully saturated rings. The first kappa shape index (κ1) is 15.7. The van der Waals surface area contributed by atoms with E-state index >= 15 is 0 Å². The molecule has 0 aliphatic heterocycles. The molecule has 2 N–H and O–H groups in total. The van der Waals surface area contributed by atoms with Gasteiger partial charge >= 0.3 is 0 Å². The minimum Gasteiger partial charge on any atom is -0.384 e. The Kier molecular flexibility index (Phi) is 5.51. The van der Waals surface area contributed by atoms with Crippen LogP contribution in [0.3, 0.4) is 0 Å². The van der Waals surface area contributed by atoms with Gasteiger partial charge in [0, 0.05) is 20.2 Å². The van der Waals surface area contributed by atoms with Gasteiger partial charge in [-0.2, -0.15) is 0 Å². The minimum absolute atomic E-state index is 0.498. The first-order chi connectivity index (χ1) is 10.1. The lowest BCUT2D eigenvalue weighted by Crippen LogP contribution is -2.35. The van der Waals surface area contributed by atoms with Crippen molar-refractivity contribution in [2.75, 3.05) is 13.7 Å². The zero-order chi connectivity index (χ0) is 15.1. The fourth-order valence-electron chi connectivity index (χ4n) is 2.37. The van der Waals surface area contributed by atoms with Crippen molar-refractivity contribution in [2.45, 2.75) is 25.7 Å². The van der Waals surface area contributed by atoms with E-state index in [1.54, 1.807) is 7.11 Å². The molecule has 0 aliphatic carbocycles. The maximum atomic E-state index is 10.5. The van der Waals surface area contributed by atoms with E-state index < -0.39 is 5.60 Å². The zero-order valence-electron chi connectivity index (χ0n) is 12.7. The zero-order valence-corrected chi connectivity index (χ0v) is 12.7. The molecule has 3 nitrogen and oxygen atoms in total. The monoisotopic (exact) mass is 285 g/mol. The average molecular weight is 285 g/mol. The summed E-state index contributed by atoms with van der Waals surface area (Å²) in [5.41, 5.74) is 2.41. The van der Waals surface area contributed by atoms with Gasteiger partial charge in [0.25, 0.3) is 0 Å². The highest BCUT2D eigenvalue weighted by atomic mass is 16.5. The van der Waals surface area contributed by atoms with Gasteiger partial charge in [-0.3, -0.25) is 0 Å². The van der Waals surface area contributed by atoms with Crippen molar-refractivity contribution in [2.24, 2.45) is 0 Å². The summed E-state index contributed by atoms with van der Waals surface area (Å²) < 4.78 is 5.21. The molecule has 1 atom stereocenters. The molecule has 0 spiro atoms. The van der Waals surface area contributed by atoms with Gasteiger partial charge in [-0.15, -0.1) is 0 Å². The standard InChI is InChI=1S/C18H23NO2/c1-18(20,17-10-4-3-5-11-17)14-19-12-15-8-6-7-9-16(15)13-21-2/h3-11,19-20H,12-14H2,1-2H3. The molecule has 3 heteroatoms. The van der Waals surface area contributed by atoms with Crippen molar-refractivity contribution in [3.05, 3.63) is 71.3 Å². The molecule has 0 amide bonds. The summed E-state index contributed by atoms with van der Waals surface area (Å²) in [4.78, 5) is 0. The van der Waals surface area contributed by atoms with Crippen molar-refractivity contribution in [3.63, 3.8) is 0 Å². The van der Waals surface area contributed by atoms with Gasteiger partial charge in [-0.25, -0.2) is 0 Å². The van der Waals surface area contributed by atoms with Crippen molar-refractivity contribution >= 4 is 0 Å². The van der Waals surface area contributed by atoms with Gasteiger partial charge in [-0.1, -0.05) is 54.6 Å². The maximum Gasteiger partial charge on any atom is 0.0992 e. The van der Waals surface area contributed by atoms with Crippen LogP contribution >= 0.6 is 0 Å². The highest BCUT2D eigenvalue weighted by molar-refractivity contribution is 5.27. The molecule has 0 bridgehead atoms. The SMILES string of the molecule is COCc1ccccc1CNCC(C)(O)c1ccccc1. The van der Waals surface area contributed by atoms with Gasteiger partial charge in [-0.05, 0) is 23.6 Å². The van der Waals surface area contributed by atoms with E-state index in [9.17, 15) is 5.11 Å². The summed E-state index contributed by atoms with van der Waals surface area (Å²) in [6.07, 6.45) is 0. The highest BCUT2D eigenvalue weighted by Gasteiger charge is 2.22. The smallest absolute Gasteiger partial charge is 0.0992 e. The fraction of sp³-hybridized carbons (Fsp3) is 0.333. The van der Waals surface area contributed by atoms with Crippen LogP contribution in [-0.2, 0) is 23.5 Å². The molecule has 0 aromatic heterocycles. The third-order valence-corrected chi connectivity index (χ3v) is 3.60. The molecule has 0 heterocycles. The van der Waals surface area contributed by atoms with Crippen LogP contribution in [0.15, 0.2) is 54.6 Å². The van der Waals surface area contributed by atoms with Gasteiger partial charge < -0.3 is 15.2 Å². The van der Waals surface area contributed by atoms with Crippen molar-refractivity contribution in [3.8, 4) is 0 Å².